The van der Waals surface area contributed by atoms with E-state index in [1.54, 1.807) is 0 Å². The van der Waals surface area contributed by atoms with Crippen LogP contribution in [0.5, 0.6) is 0 Å². The Morgan fingerprint density at radius 1 is 1.31 bits per heavy atom. The third-order valence-electron chi connectivity index (χ3n) is 4.32. The molecule has 0 saturated carbocycles. The van der Waals surface area contributed by atoms with Crippen LogP contribution in [0.1, 0.15) is 35.2 Å². The number of carbonyl (C=O) groups excluding carboxylic acids is 1. The number of nitrogens with one attached hydrogen (secondary N) is 1. The molecule has 8 heteroatoms. The van der Waals surface area contributed by atoms with E-state index in [2.05, 4.69) is 5.32 Å². The zero-order valence-electron chi connectivity index (χ0n) is 14.8. The van der Waals surface area contributed by atoms with E-state index in [1.165, 1.54) is 25.3 Å². The minimum absolute atomic E-state index is 0.0183. The Balaban J connectivity index is 2.08. The van der Waals surface area contributed by atoms with Gasteiger partial charge in [-0.3, -0.25) is 9.59 Å². The molecule has 0 spiro atoms. The summed E-state index contributed by atoms with van der Waals surface area (Å²) in [6.45, 7) is 1.49. The Bertz CT molecular complexity index is 630. The first-order chi connectivity index (χ1) is 12.5. The summed E-state index contributed by atoms with van der Waals surface area (Å²) in [6, 6.07) is 4.00. The van der Waals surface area contributed by atoms with Gasteiger partial charge in [0.25, 0.3) is 5.91 Å². The van der Waals surface area contributed by atoms with Crippen LogP contribution in [-0.4, -0.2) is 56.1 Å². The fourth-order valence-corrected chi connectivity index (χ4v) is 2.86. The van der Waals surface area contributed by atoms with Gasteiger partial charge in [-0.05, 0) is 31.0 Å². The van der Waals surface area contributed by atoms with E-state index < -0.39 is 23.2 Å². The SMILES string of the molecule is COCCOCc1cc(C(=O)NC2(CC(=O)O)CCOCC2)ccc1F. The summed E-state index contributed by atoms with van der Waals surface area (Å²) in [5.74, 6) is -1.89. The summed E-state index contributed by atoms with van der Waals surface area (Å²) >= 11 is 0. The van der Waals surface area contributed by atoms with Crippen molar-refractivity contribution in [1.29, 1.82) is 0 Å². The first-order valence-corrected chi connectivity index (χ1v) is 8.43. The van der Waals surface area contributed by atoms with E-state index >= 15 is 0 Å². The monoisotopic (exact) mass is 369 g/mol. The lowest BCUT2D eigenvalue weighted by atomic mass is 9.86. The number of methoxy groups -OCH3 is 1. The number of rotatable bonds is 9. The maximum absolute atomic E-state index is 13.9. The summed E-state index contributed by atoms with van der Waals surface area (Å²) in [6.07, 6.45) is 0.648. The van der Waals surface area contributed by atoms with Crippen LogP contribution in [0, 0.1) is 5.82 Å². The van der Waals surface area contributed by atoms with Gasteiger partial charge in [0.05, 0.1) is 31.8 Å². The summed E-state index contributed by atoms with van der Waals surface area (Å²) in [5, 5.41) is 12.0. The summed E-state index contributed by atoms with van der Waals surface area (Å²) in [4.78, 5) is 23.8. The van der Waals surface area contributed by atoms with Crippen molar-refractivity contribution in [2.24, 2.45) is 0 Å². The van der Waals surface area contributed by atoms with Gasteiger partial charge in [0, 0.05) is 31.5 Å². The van der Waals surface area contributed by atoms with E-state index in [4.69, 9.17) is 19.3 Å². The van der Waals surface area contributed by atoms with Crippen molar-refractivity contribution in [2.45, 2.75) is 31.4 Å². The number of aliphatic carboxylic acids is 1. The lowest BCUT2D eigenvalue weighted by Crippen LogP contribution is -2.53. The third kappa shape index (κ3) is 5.76. The molecular weight excluding hydrogens is 345 g/mol. The van der Waals surface area contributed by atoms with Crippen molar-refractivity contribution < 1.29 is 33.3 Å². The Labute approximate surface area is 151 Å². The Morgan fingerprint density at radius 2 is 2.04 bits per heavy atom. The average molecular weight is 369 g/mol. The van der Waals surface area contributed by atoms with Crippen LogP contribution in [0.15, 0.2) is 18.2 Å². The van der Waals surface area contributed by atoms with Gasteiger partial charge in [-0.25, -0.2) is 4.39 Å². The zero-order valence-corrected chi connectivity index (χ0v) is 14.8. The van der Waals surface area contributed by atoms with Crippen LogP contribution < -0.4 is 5.32 Å². The molecule has 0 aromatic heterocycles. The number of carboxylic acid groups (broad SMARTS) is 1. The van der Waals surface area contributed by atoms with Crippen molar-refractivity contribution in [3.63, 3.8) is 0 Å². The maximum Gasteiger partial charge on any atom is 0.305 e. The Morgan fingerprint density at radius 3 is 2.69 bits per heavy atom. The van der Waals surface area contributed by atoms with Crippen LogP contribution in [0.25, 0.3) is 0 Å². The molecule has 1 aliphatic heterocycles. The predicted molar refractivity (Wildman–Crippen MR) is 90.4 cm³/mol. The molecule has 1 aliphatic rings. The highest BCUT2D eigenvalue weighted by atomic mass is 19.1. The second-order valence-electron chi connectivity index (χ2n) is 6.27. The fraction of sp³-hybridized carbons (Fsp3) is 0.556. The molecule has 26 heavy (non-hydrogen) atoms. The van der Waals surface area contributed by atoms with Crippen LogP contribution in [0.4, 0.5) is 4.39 Å². The van der Waals surface area contributed by atoms with Gasteiger partial charge in [-0.1, -0.05) is 0 Å². The number of halogens is 1. The highest BCUT2D eigenvalue weighted by Crippen LogP contribution is 2.25. The van der Waals surface area contributed by atoms with Gasteiger partial charge >= 0.3 is 5.97 Å². The maximum atomic E-state index is 13.9. The molecular formula is C18H24FNO6. The highest BCUT2D eigenvalue weighted by Gasteiger charge is 2.36. The molecule has 7 nitrogen and oxygen atoms in total. The molecule has 1 heterocycles. The van der Waals surface area contributed by atoms with E-state index in [0.29, 0.717) is 39.3 Å². The van der Waals surface area contributed by atoms with Crippen LogP contribution in [-0.2, 0) is 25.6 Å². The number of amides is 1. The largest absolute Gasteiger partial charge is 0.481 e. The molecule has 2 N–H and O–H groups in total. The molecule has 144 valence electrons. The van der Waals surface area contributed by atoms with E-state index in [1.807, 2.05) is 0 Å². The molecule has 0 atom stereocenters. The quantitative estimate of drug-likeness (QED) is 0.644. The molecule has 1 aromatic rings. The van der Waals surface area contributed by atoms with Crippen LogP contribution in [0.2, 0.25) is 0 Å². The minimum Gasteiger partial charge on any atom is -0.481 e. The van der Waals surface area contributed by atoms with Crippen LogP contribution >= 0.6 is 0 Å². The van der Waals surface area contributed by atoms with E-state index in [9.17, 15) is 14.0 Å². The molecule has 2 rings (SSSR count). The van der Waals surface area contributed by atoms with Crippen molar-refractivity contribution in [3.05, 3.63) is 35.1 Å². The van der Waals surface area contributed by atoms with Gasteiger partial charge < -0.3 is 24.6 Å². The normalized spacial score (nSPS) is 16.2. The summed E-state index contributed by atoms with van der Waals surface area (Å²) in [5.41, 5.74) is -0.342. The number of hydrogen-bond acceptors (Lipinski definition) is 5. The van der Waals surface area contributed by atoms with Crippen molar-refractivity contribution in [1.82, 2.24) is 5.32 Å². The fourth-order valence-electron chi connectivity index (χ4n) is 2.86. The summed E-state index contributed by atoms with van der Waals surface area (Å²) in [7, 11) is 1.54. The lowest BCUT2D eigenvalue weighted by Gasteiger charge is -2.36. The first kappa shape index (κ1) is 20.3. The molecule has 1 fully saturated rings. The standard InChI is InChI=1S/C18H24FNO6/c1-24-8-9-26-12-14-10-13(2-3-15(14)19)17(23)20-18(11-16(21)22)4-6-25-7-5-18/h2-3,10H,4-9,11-12H2,1H3,(H,20,23)(H,21,22). The topological polar surface area (TPSA) is 94.1 Å². The van der Waals surface area contributed by atoms with Crippen molar-refractivity contribution in [3.8, 4) is 0 Å². The lowest BCUT2D eigenvalue weighted by molar-refractivity contribution is -0.139. The number of benzene rings is 1. The molecule has 0 bridgehead atoms. The molecule has 0 aliphatic carbocycles. The molecule has 0 unspecified atom stereocenters. The smallest absolute Gasteiger partial charge is 0.305 e. The molecule has 1 saturated heterocycles. The first-order valence-electron chi connectivity index (χ1n) is 8.43. The summed E-state index contributed by atoms with van der Waals surface area (Å²) < 4.78 is 29.3. The minimum atomic E-state index is -0.987. The Kier molecular flexibility index (Phi) is 7.50. The number of hydrogen-bond donors (Lipinski definition) is 2. The zero-order chi connectivity index (χ0) is 19.0. The second-order valence-corrected chi connectivity index (χ2v) is 6.27. The molecule has 0 radical (unpaired) electrons. The second kappa shape index (κ2) is 9.61. The highest BCUT2D eigenvalue weighted by molar-refractivity contribution is 5.95. The van der Waals surface area contributed by atoms with Gasteiger partial charge in [0.1, 0.15) is 5.82 Å². The van der Waals surface area contributed by atoms with Crippen molar-refractivity contribution in [2.75, 3.05) is 33.5 Å². The van der Waals surface area contributed by atoms with Crippen molar-refractivity contribution >= 4 is 11.9 Å². The van der Waals surface area contributed by atoms with E-state index in [0.717, 1.165) is 0 Å². The van der Waals surface area contributed by atoms with Gasteiger partial charge in [0.2, 0.25) is 0 Å². The number of ether oxygens (including phenoxy) is 3. The van der Waals surface area contributed by atoms with Gasteiger partial charge in [0.15, 0.2) is 0 Å². The third-order valence-corrected chi connectivity index (χ3v) is 4.32. The number of carbonyl (C=O) groups is 2. The number of carboxylic acids is 1. The predicted octanol–water partition coefficient (Wildman–Crippen LogP) is 1.74. The van der Waals surface area contributed by atoms with Gasteiger partial charge in [-0.15, -0.1) is 0 Å². The molecule has 1 aromatic carbocycles. The average Bonchev–Trinajstić information content (AvgIpc) is 2.60. The molecule has 1 amide bonds. The van der Waals surface area contributed by atoms with Gasteiger partial charge in [-0.2, -0.15) is 0 Å². The van der Waals surface area contributed by atoms with Crippen LogP contribution in [0.3, 0.4) is 0 Å². The van der Waals surface area contributed by atoms with E-state index in [-0.39, 0.29) is 24.2 Å². The Hall–Kier alpha value is -2.03.